The van der Waals surface area contributed by atoms with E-state index in [2.05, 4.69) is 54.0 Å². The second-order valence-corrected chi connectivity index (χ2v) is 7.80. The quantitative estimate of drug-likeness (QED) is 0.748. The van der Waals surface area contributed by atoms with E-state index >= 15 is 0 Å². The van der Waals surface area contributed by atoms with Gasteiger partial charge in [-0.15, -0.1) is 0 Å². The van der Waals surface area contributed by atoms with Crippen molar-refractivity contribution >= 4 is 5.91 Å². The maximum absolute atomic E-state index is 12.4. The van der Waals surface area contributed by atoms with Crippen LogP contribution in [0.1, 0.15) is 58.3 Å². The van der Waals surface area contributed by atoms with Crippen LogP contribution in [-0.4, -0.2) is 35.5 Å². The Morgan fingerprint density at radius 3 is 2.20 bits per heavy atom. The molecule has 1 heterocycles. The zero-order valence-corrected chi connectivity index (χ0v) is 19.4. The van der Waals surface area contributed by atoms with E-state index in [-0.39, 0.29) is 44.2 Å². The van der Waals surface area contributed by atoms with E-state index in [4.69, 9.17) is 4.74 Å². The van der Waals surface area contributed by atoms with Crippen LogP contribution >= 0.6 is 0 Å². The molecule has 2 rings (SSSR count). The molecule has 25 heavy (non-hydrogen) atoms. The molecule has 0 aliphatic carbocycles. The normalized spacial score (nSPS) is 16.8. The maximum Gasteiger partial charge on any atom is 0.253 e. The van der Waals surface area contributed by atoms with E-state index < -0.39 is 0 Å². The van der Waals surface area contributed by atoms with Gasteiger partial charge in [-0.1, -0.05) is 0 Å². The maximum atomic E-state index is 12.4. The number of ether oxygens (including phenoxy) is 1. The molecule has 4 nitrogen and oxygen atoms in total. The Bertz CT molecular complexity index is 507. The van der Waals surface area contributed by atoms with E-state index in [0.29, 0.717) is 17.4 Å². The van der Waals surface area contributed by atoms with E-state index in [9.17, 15) is 4.79 Å². The van der Waals surface area contributed by atoms with Crippen molar-refractivity contribution in [2.24, 2.45) is 0 Å². The van der Waals surface area contributed by atoms with Crippen molar-refractivity contribution in [2.75, 3.05) is 13.1 Å². The summed E-state index contributed by atoms with van der Waals surface area (Å²) in [7, 11) is 3.35. The molecule has 1 aliphatic heterocycles. The van der Waals surface area contributed by atoms with Gasteiger partial charge < -0.3 is 20.9 Å². The summed E-state index contributed by atoms with van der Waals surface area (Å²) in [5.41, 5.74) is 0.777. The van der Waals surface area contributed by atoms with Crippen LogP contribution in [0.4, 0.5) is 0 Å². The van der Waals surface area contributed by atoms with Gasteiger partial charge in [0.2, 0.25) is 0 Å². The van der Waals surface area contributed by atoms with Crippen LogP contribution in [-0.2, 0) is 32.7 Å². The number of rotatable bonds is 3. The number of nitrogens with zero attached hydrogens (tertiary/aromatic N) is 1. The van der Waals surface area contributed by atoms with Gasteiger partial charge in [0, 0.05) is 62.9 Å². The minimum absolute atomic E-state index is 0. The first-order valence-corrected chi connectivity index (χ1v) is 8.48. The van der Waals surface area contributed by atoms with Gasteiger partial charge in [0.15, 0.2) is 0 Å². The van der Waals surface area contributed by atoms with Crippen LogP contribution < -0.4 is 10.1 Å². The smallest absolute Gasteiger partial charge is 0.253 e. The van der Waals surface area contributed by atoms with Gasteiger partial charge >= 0.3 is 0 Å². The average Bonchev–Trinajstić information content (AvgIpc) is 2.92. The van der Waals surface area contributed by atoms with Crippen LogP contribution in [0.25, 0.3) is 0 Å². The minimum Gasteiger partial charge on any atom is -0.665 e. The standard InChI is InChI=1S/C16H23N2O2.C4H9.Y/c1-16(2,3)17-13-9-10-18(11-13)15(19)12-5-7-14(20-4)8-6-12;1-4(2)3;/h5-8,13,17H,4,9-11H2,1-3H3;1-3H3;/q2*-1;. The zero-order chi connectivity index (χ0) is 18.3. The fraction of sp³-hybridized carbons (Fsp3) is 0.550. The van der Waals surface area contributed by atoms with Crippen LogP contribution in [0.5, 0.6) is 5.75 Å². The molecular weight excluding hydrogens is 389 g/mol. The van der Waals surface area contributed by atoms with Crippen molar-refractivity contribution in [1.29, 1.82) is 0 Å². The largest absolute Gasteiger partial charge is 0.665 e. The third kappa shape index (κ3) is 9.72. The second kappa shape index (κ2) is 11.3. The molecule has 0 bridgehead atoms. The fourth-order valence-electron chi connectivity index (χ4n) is 2.55. The van der Waals surface area contributed by atoms with Crippen molar-refractivity contribution in [3.63, 3.8) is 0 Å². The van der Waals surface area contributed by atoms with E-state index in [1.165, 1.54) is 5.92 Å². The summed E-state index contributed by atoms with van der Waals surface area (Å²) in [5, 5.41) is 3.55. The first-order chi connectivity index (χ1) is 11.1. The van der Waals surface area contributed by atoms with Crippen LogP contribution in [0.2, 0.25) is 0 Å². The Balaban J connectivity index is 0.00000104. The fourth-order valence-corrected chi connectivity index (χ4v) is 2.55. The zero-order valence-electron chi connectivity index (χ0n) is 16.6. The van der Waals surface area contributed by atoms with Gasteiger partial charge in [-0.05, 0) is 51.5 Å². The molecule has 5 heteroatoms. The van der Waals surface area contributed by atoms with Crippen molar-refractivity contribution in [3.8, 4) is 5.75 Å². The van der Waals surface area contributed by atoms with Crippen molar-refractivity contribution in [1.82, 2.24) is 10.2 Å². The first-order valence-electron chi connectivity index (χ1n) is 8.48. The molecule has 0 spiro atoms. The van der Waals surface area contributed by atoms with Gasteiger partial charge in [-0.25, -0.2) is 0 Å². The summed E-state index contributed by atoms with van der Waals surface area (Å²) in [6, 6.07) is 7.48. The predicted molar refractivity (Wildman–Crippen MR) is 99.9 cm³/mol. The van der Waals surface area contributed by atoms with Gasteiger partial charge in [0.1, 0.15) is 0 Å². The third-order valence-electron chi connectivity index (χ3n) is 3.38. The Kier molecular flexibility index (Phi) is 11.1. The summed E-state index contributed by atoms with van der Waals surface area (Å²) in [6.45, 7) is 14.3. The second-order valence-electron chi connectivity index (χ2n) is 7.80. The van der Waals surface area contributed by atoms with Crippen molar-refractivity contribution < 1.29 is 42.2 Å². The monoisotopic (exact) mass is 421 g/mol. The Morgan fingerprint density at radius 1 is 1.24 bits per heavy atom. The summed E-state index contributed by atoms with van der Waals surface area (Å²) in [5.74, 6) is 2.16. The molecule has 1 fully saturated rings. The number of hydrogen-bond acceptors (Lipinski definition) is 3. The first kappa shape index (κ1) is 24.6. The molecule has 1 aliphatic rings. The van der Waals surface area contributed by atoms with Gasteiger partial charge in [0.05, 0.1) is 5.75 Å². The SMILES string of the molecule is C[C-](C)C.[CH2-]Oc1ccc(C(=O)N2CCC(NC(C)(C)C)C2)cc1.[Y]. The Labute approximate surface area is 179 Å². The van der Waals surface area contributed by atoms with Crippen molar-refractivity contribution in [2.45, 2.75) is 59.5 Å². The molecule has 1 N–H and O–H groups in total. The van der Waals surface area contributed by atoms with Crippen LogP contribution in [0.15, 0.2) is 24.3 Å². The van der Waals surface area contributed by atoms with Gasteiger partial charge in [0.25, 0.3) is 5.91 Å². The van der Waals surface area contributed by atoms with E-state index in [1.54, 1.807) is 24.3 Å². The molecule has 1 aromatic rings. The van der Waals surface area contributed by atoms with Gasteiger partial charge in [-0.2, -0.15) is 27.9 Å². The number of hydrogen-bond donors (Lipinski definition) is 1. The Morgan fingerprint density at radius 2 is 1.76 bits per heavy atom. The number of likely N-dealkylation sites (tertiary alicyclic amines) is 1. The van der Waals surface area contributed by atoms with Crippen molar-refractivity contribution in [3.05, 3.63) is 42.9 Å². The average molecular weight is 421 g/mol. The summed E-state index contributed by atoms with van der Waals surface area (Å²) < 4.78 is 4.86. The number of carbonyl (C=O) groups is 1. The molecule has 1 saturated heterocycles. The number of nitrogens with one attached hydrogen (secondary N) is 1. The number of amides is 1. The molecule has 0 saturated carbocycles. The molecule has 1 amide bonds. The Hall–Kier alpha value is -0.446. The molecule has 1 aromatic carbocycles. The van der Waals surface area contributed by atoms with E-state index in [0.717, 1.165) is 19.5 Å². The minimum atomic E-state index is 0. The summed E-state index contributed by atoms with van der Waals surface area (Å²) >= 11 is 0. The van der Waals surface area contributed by atoms with Crippen LogP contribution in [0.3, 0.4) is 0 Å². The van der Waals surface area contributed by atoms with E-state index in [1.807, 2.05) is 4.90 Å². The molecule has 139 valence electrons. The van der Waals surface area contributed by atoms with Gasteiger partial charge in [-0.3, -0.25) is 4.79 Å². The number of carbonyl (C=O) groups excluding carboxylic acids is 1. The molecule has 0 aromatic heterocycles. The number of benzene rings is 1. The van der Waals surface area contributed by atoms with Crippen LogP contribution in [0, 0.1) is 13.0 Å². The molecular formula is C20H32N2O2Y-2. The molecule has 1 atom stereocenters. The molecule has 1 radical (unpaired) electrons. The summed E-state index contributed by atoms with van der Waals surface area (Å²) in [6.07, 6.45) is 1.00. The third-order valence-corrected chi connectivity index (χ3v) is 3.38. The topological polar surface area (TPSA) is 41.6 Å². The molecule has 1 unspecified atom stereocenters. The predicted octanol–water partition coefficient (Wildman–Crippen LogP) is 4.08. The summed E-state index contributed by atoms with van der Waals surface area (Å²) in [4.78, 5) is 14.3.